The molecule has 11 heteroatoms. The summed E-state index contributed by atoms with van der Waals surface area (Å²) in [6, 6.07) is 12.2. The van der Waals surface area contributed by atoms with Crippen LogP contribution in [-0.4, -0.2) is 53.3 Å². The van der Waals surface area contributed by atoms with Crippen LogP contribution in [0.2, 0.25) is 10.0 Å². The lowest BCUT2D eigenvalue weighted by molar-refractivity contribution is -0.155. The topological polar surface area (TPSA) is 118 Å². The van der Waals surface area contributed by atoms with E-state index in [9.17, 15) is 9.59 Å². The van der Waals surface area contributed by atoms with Crippen LogP contribution in [0, 0.1) is 0 Å². The highest BCUT2D eigenvalue weighted by atomic mass is 35.5. The molecule has 1 amide bonds. The minimum Gasteiger partial charge on any atom is -0.494 e. The van der Waals surface area contributed by atoms with E-state index < -0.39 is 29.1 Å². The monoisotopic (exact) mass is 591 g/mol. The van der Waals surface area contributed by atoms with Crippen LogP contribution in [0.5, 0.6) is 5.75 Å². The molecule has 0 aromatic heterocycles. The first-order chi connectivity index (χ1) is 19.0. The van der Waals surface area contributed by atoms with Gasteiger partial charge in [-0.05, 0) is 76.4 Å². The van der Waals surface area contributed by atoms with Crippen LogP contribution >= 0.6 is 23.2 Å². The zero-order valence-electron chi connectivity index (χ0n) is 22.8. The molecule has 4 rings (SSSR count). The molecule has 1 heterocycles. The molecule has 2 aromatic rings. The summed E-state index contributed by atoms with van der Waals surface area (Å²) in [5.41, 5.74) is 4.75. The largest absolute Gasteiger partial charge is 0.494 e. The molecular weight excluding hydrogens is 557 g/mol. The third-order valence-electron chi connectivity index (χ3n) is 6.37. The molecule has 0 spiro atoms. The first-order valence-corrected chi connectivity index (χ1v) is 14.1. The van der Waals surface area contributed by atoms with E-state index in [0.717, 1.165) is 12.8 Å². The number of esters is 1. The molecule has 216 valence electrons. The number of amides is 1. The maximum Gasteiger partial charge on any atom is 0.306 e. The Bertz CT molecular complexity index is 1240. The van der Waals surface area contributed by atoms with Gasteiger partial charge in [0.2, 0.25) is 5.90 Å². The second kappa shape index (κ2) is 12.8. The molecule has 1 saturated carbocycles. The van der Waals surface area contributed by atoms with Crippen LogP contribution in [0.1, 0.15) is 70.1 Å². The maximum absolute atomic E-state index is 13.9. The van der Waals surface area contributed by atoms with E-state index in [1.54, 1.807) is 63.2 Å². The number of ether oxygens (including phenoxy) is 3. The molecule has 0 unspecified atom stereocenters. The van der Waals surface area contributed by atoms with Crippen molar-refractivity contribution in [2.75, 3.05) is 13.2 Å². The van der Waals surface area contributed by atoms with E-state index in [1.807, 2.05) is 0 Å². The average molecular weight is 593 g/mol. The fraction of sp³-hybridized carbons (Fsp3) is 0.483. The minimum atomic E-state index is -1.54. The van der Waals surface area contributed by atoms with Gasteiger partial charge in [0.1, 0.15) is 11.4 Å². The van der Waals surface area contributed by atoms with Gasteiger partial charge in [-0.25, -0.2) is 10.4 Å². The van der Waals surface area contributed by atoms with Gasteiger partial charge in [-0.15, -0.1) is 0 Å². The van der Waals surface area contributed by atoms with Crippen LogP contribution in [0.3, 0.4) is 0 Å². The number of rotatable bonds is 12. The van der Waals surface area contributed by atoms with Crippen LogP contribution in [-0.2, 0) is 19.1 Å². The van der Waals surface area contributed by atoms with Crippen molar-refractivity contribution in [3.05, 3.63) is 63.6 Å². The molecular formula is C29H35Cl2N3O6. The first kappa shape index (κ1) is 30.1. The van der Waals surface area contributed by atoms with Gasteiger partial charge in [0, 0.05) is 46.7 Å². The molecule has 9 nitrogen and oxygen atoms in total. The molecule has 0 bridgehead atoms. The molecule has 2 aromatic carbocycles. The highest BCUT2D eigenvalue weighted by Gasteiger charge is 2.54. The zero-order valence-corrected chi connectivity index (χ0v) is 24.3. The smallest absolute Gasteiger partial charge is 0.306 e. The van der Waals surface area contributed by atoms with Gasteiger partial charge in [0.15, 0.2) is 11.6 Å². The van der Waals surface area contributed by atoms with Gasteiger partial charge in [-0.2, -0.15) is 0 Å². The third kappa shape index (κ3) is 7.66. The summed E-state index contributed by atoms with van der Waals surface area (Å²) in [5.74, 6) is -0.0545. The maximum atomic E-state index is 13.9. The molecule has 1 aliphatic heterocycles. The van der Waals surface area contributed by atoms with E-state index in [4.69, 9.17) is 47.5 Å². The van der Waals surface area contributed by atoms with E-state index in [-0.39, 0.29) is 31.4 Å². The lowest BCUT2D eigenvalue weighted by atomic mass is 9.83. The Balaban J connectivity index is 1.71. The number of carbonyl (C=O) groups is 2. The SMILES string of the molecule is CC(C)(C)OC(=O)CC[C@]1(C(=O)NNC2CC2)N=C(c2ccc(OCCCO)cc2)O[C@H]1c1ccc(Cl)cc1Cl. The van der Waals surface area contributed by atoms with Crippen LogP contribution < -0.4 is 15.6 Å². The van der Waals surface area contributed by atoms with Crippen LogP contribution in [0.4, 0.5) is 0 Å². The number of aliphatic hydroxyl groups excluding tert-OH is 1. The Kier molecular flexibility index (Phi) is 9.61. The number of hydrazine groups is 1. The van der Waals surface area contributed by atoms with Crippen molar-refractivity contribution < 1.29 is 28.9 Å². The summed E-state index contributed by atoms with van der Waals surface area (Å²) >= 11 is 12.8. The number of nitrogens with zero attached hydrogens (tertiary/aromatic N) is 1. The third-order valence-corrected chi connectivity index (χ3v) is 6.93. The van der Waals surface area contributed by atoms with Gasteiger partial charge < -0.3 is 19.3 Å². The van der Waals surface area contributed by atoms with Gasteiger partial charge >= 0.3 is 5.97 Å². The van der Waals surface area contributed by atoms with Crippen molar-refractivity contribution in [2.24, 2.45) is 4.99 Å². The lowest BCUT2D eigenvalue weighted by Crippen LogP contribution is -2.53. The summed E-state index contributed by atoms with van der Waals surface area (Å²) in [7, 11) is 0. The molecule has 0 radical (unpaired) electrons. The summed E-state index contributed by atoms with van der Waals surface area (Å²) in [4.78, 5) is 31.5. The highest BCUT2D eigenvalue weighted by molar-refractivity contribution is 6.35. The Morgan fingerprint density at radius 3 is 2.50 bits per heavy atom. The Morgan fingerprint density at radius 1 is 1.15 bits per heavy atom. The van der Waals surface area contributed by atoms with E-state index in [1.165, 1.54) is 0 Å². The van der Waals surface area contributed by atoms with E-state index >= 15 is 0 Å². The number of hydrogen-bond acceptors (Lipinski definition) is 8. The predicted molar refractivity (Wildman–Crippen MR) is 153 cm³/mol. The summed E-state index contributed by atoms with van der Waals surface area (Å²) in [6.07, 6.45) is 1.41. The standard InChI is InChI=1S/C29H35Cl2N3O6/c1-28(2,3)40-24(36)13-14-29(27(37)34-33-20-8-9-20)25(22-12-7-19(30)17-23(22)31)39-26(32-29)18-5-10-21(11-6-18)38-16-4-15-35/h5-7,10-12,17,20,25,33,35H,4,8-9,13-16H2,1-3H3,(H,34,37)/t25-,29-/m0/s1. The number of aliphatic imine (C=N–C) groups is 1. The molecule has 3 N–H and O–H groups in total. The van der Waals surface area contributed by atoms with Crippen molar-refractivity contribution in [3.63, 3.8) is 0 Å². The second-order valence-corrected chi connectivity index (χ2v) is 11.8. The van der Waals surface area contributed by atoms with Crippen molar-refractivity contribution in [3.8, 4) is 5.75 Å². The quantitative estimate of drug-likeness (QED) is 0.182. The average Bonchev–Trinajstić information content (AvgIpc) is 3.65. The zero-order chi connectivity index (χ0) is 28.9. The number of nitrogens with one attached hydrogen (secondary N) is 2. The predicted octanol–water partition coefficient (Wildman–Crippen LogP) is 4.92. The van der Waals surface area contributed by atoms with Gasteiger partial charge in [-0.1, -0.05) is 29.3 Å². The Morgan fingerprint density at radius 2 is 1.88 bits per heavy atom. The Hall–Kier alpha value is -2.85. The molecule has 2 aliphatic rings. The fourth-order valence-electron chi connectivity index (χ4n) is 4.25. The van der Waals surface area contributed by atoms with Crippen LogP contribution in [0.25, 0.3) is 0 Å². The molecule has 2 atom stereocenters. The molecule has 1 fully saturated rings. The number of benzene rings is 2. The fourth-order valence-corrected chi connectivity index (χ4v) is 4.76. The van der Waals surface area contributed by atoms with Gasteiger partial charge in [0.05, 0.1) is 6.61 Å². The summed E-state index contributed by atoms with van der Waals surface area (Å²) in [5, 5.41) is 9.74. The number of halogens is 2. The first-order valence-electron chi connectivity index (χ1n) is 13.3. The number of aliphatic hydroxyl groups is 1. The van der Waals surface area contributed by atoms with Crippen molar-refractivity contribution >= 4 is 41.0 Å². The minimum absolute atomic E-state index is 0.00949. The lowest BCUT2D eigenvalue weighted by Gasteiger charge is -2.31. The summed E-state index contributed by atoms with van der Waals surface area (Å²) in [6.45, 7) is 5.78. The van der Waals surface area contributed by atoms with Gasteiger partial charge in [0.25, 0.3) is 5.91 Å². The van der Waals surface area contributed by atoms with Crippen molar-refractivity contribution in [2.45, 2.75) is 76.2 Å². The van der Waals surface area contributed by atoms with E-state index in [0.29, 0.717) is 39.9 Å². The summed E-state index contributed by atoms with van der Waals surface area (Å²) < 4.78 is 17.6. The number of hydrogen-bond donors (Lipinski definition) is 3. The molecule has 1 aliphatic carbocycles. The van der Waals surface area contributed by atoms with Crippen molar-refractivity contribution in [1.82, 2.24) is 10.9 Å². The van der Waals surface area contributed by atoms with Crippen molar-refractivity contribution in [1.29, 1.82) is 0 Å². The molecule has 0 saturated heterocycles. The molecule has 40 heavy (non-hydrogen) atoms. The Labute approximate surface area is 244 Å². The second-order valence-electron chi connectivity index (χ2n) is 10.9. The number of carbonyl (C=O) groups excluding carboxylic acids is 2. The highest BCUT2D eigenvalue weighted by Crippen LogP contribution is 2.45. The van der Waals surface area contributed by atoms with Crippen LogP contribution in [0.15, 0.2) is 47.5 Å². The van der Waals surface area contributed by atoms with Gasteiger partial charge in [-0.3, -0.25) is 15.0 Å². The normalized spacial score (nSPS) is 20.4. The van der Waals surface area contributed by atoms with E-state index in [2.05, 4.69) is 10.9 Å².